The van der Waals surface area contributed by atoms with Gasteiger partial charge in [0.25, 0.3) is 0 Å². The van der Waals surface area contributed by atoms with Gasteiger partial charge in [-0.15, -0.1) is 0 Å². The summed E-state index contributed by atoms with van der Waals surface area (Å²) in [7, 11) is 1.84. The summed E-state index contributed by atoms with van der Waals surface area (Å²) in [6.07, 6.45) is 2.63. The number of ether oxygens (including phenoxy) is 1. The van der Waals surface area contributed by atoms with Crippen LogP contribution in [0.1, 0.15) is 44.5 Å². The van der Waals surface area contributed by atoms with E-state index in [1.165, 1.54) is 5.01 Å². The molecule has 1 aliphatic heterocycles. The van der Waals surface area contributed by atoms with Gasteiger partial charge in [0.1, 0.15) is 11.6 Å². The number of carbonyl (C=O) groups is 2. The molecule has 1 aromatic carbocycles. The van der Waals surface area contributed by atoms with Crippen molar-refractivity contribution in [2.75, 3.05) is 5.32 Å². The third kappa shape index (κ3) is 4.52. The molecule has 8 heteroatoms. The van der Waals surface area contributed by atoms with Gasteiger partial charge in [-0.25, -0.2) is 9.80 Å². The topological polar surface area (TPSA) is 88.8 Å². The first kappa shape index (κ1) is 18.6. The highest BCUT2D eigenvalue weighted by Gasteiger charge is 2.30. The van der Waals surface area contributed by atoms with Crippen LogP contribution in [-0.4, -0.2) is 38.6 Å². The lowest BCUT2D eigenvalue weighted by Crippen LogP contribution is -2.27. The van der Waals surface area contributed by atoms with Gasteiger partial charge in [-0.2, -0.15) is 10.2 Å². The molecule has 2 amide bonds. The van der Waals surface area contributed by atoms with Gasteiger partial charge in [0.2, 0.25) is 6.41 Å². The first-order valence-electron chi connectivity index (χ1n) is 8.66. The molecule has 0 saturated heterocycles. The van der Waals surface area contributed by atoms with Crippen LogP contribution in [0.25, 0.3) is 0 Å². The summed E-state index contributed by atoms with van der Waals surface area (Å²) < 4.78 is 6.94. The minimum atomic E-state index is -0.554. The van der Waals surface area contributed by atoms with Gasteiger partial charge >= 0.3 is 6.09 Å². The summed E-state index contributed by atoms with van der Waals surface area (Å²) in [6, 6.07) is 8.94. The van der Waals surface area contributed by atoms with E-state index in [-0.39, 0.29) is 6.04 Å². The van der Waals surface area contributed by atoms with Crippen LogP contribution in [0.3, 0.4) is 0 Å². The molecule has 27 heavy (non-hydrogen) atoms. The molecule has 0 saturated carbocycles. The van der Waals surface area contributed by atoms with Gasteiger partial charge in [0.05, 0.1) is 11.4 Å². The number of rotatable bonds is 4. The average Bonchev–Trinajstić information content (AvgIpc) is 3.19. The maximum atomic E-state index is 11.8. The number of aryl methyl sites for hydroxylation is 1. The Morgan fingerprint density at radius 1 is 1.26 bits per heavy atom. The summed E-state index contributed by atoms with van der Waals surface area (Å²) in [5.74, 6) is 0. The Morgan fingerprint density at radius 3 is 2.52 bits per heavy atom. The fourth-order valence-corrected chi connectivity index (χ4v) is 2.82. The third-order valence-corrected chi connectivity index (χ3v) is 3.99. The molecule has 1 atom stereocenters. The molecule has 142 valence electrons. The summed E-state index contributed by atoms with van der Waals surface area (Å²) >= 11 is 0. The van der Waals surface area contributed by atoms with Crippen molar-refractivity contribution in [3.63, 3.8) is 0 Å². The molecule has 0 fully saturated rings. The zero-order chi connectivity index (χ0) is 19.6. The summed E-state index contributed by atoms with van der Waals surface area (Å²) in [4.78, 5) is 23.2. The third-order valence-electron chi connectivity index (χ3n) is 3.99. The molecule has 1 aliphatic rings. The number of nitrogens with one attached hydrogen (secondary N) is 1. The van der Waals surface area contributed by atoms with Gasteiger partial charge in [-0.1, -0.05) is 12.1 Å². The van der Waals surface area contributed by atoms with Crippen LogP contribution in [0.2, 0.25) is 0 Å². The SMILES string of the molecule is Cn1ccc(C2CC(c3ccc(NC(=O)OC(C)(C)C)cc3)=NN2C=O)n1. The Bertz CT molecular complexity index is 864. The van der Waals surface area contributed by atoms with Gasteiger partial charge in [-0.3, -0.25) is 14.8 Å². The summed E-state index contributed by atoms with van der Waals surface area (Å²) in [5.41, 5.74) is 2.55. The van der Waals surface area contributed by atoms with Crippen molar-refractivity contribution in [3.05, 3.63) is 47.8 Å². The van der Waals surface area contributed by atoms with Crippen molar-refractivity contribution < 1.29 is 14.3 Å². The lowest BCUT2D eigenvalue weighted by atomic mass is 10.0. The fourth-order valence-electron chi connectivity index (χ4n) is 2.82. The van der Waals surface area contributed by atoms with Crippen molar-refractivity contribution in [2.45, 2.75) is 38.8 Å². The quantitative estimate of drug-likeness (QED) is 0.839. The highest BCUT2D eigenvalue weighted by molar-refractivity contribution is 6.02. The van der Waals surface area contributed by atoms with Crippen LogP contribution in [0, 0.1) is 0 Å². The van der Waals surface area contributed by atoms with Crippen LogP contribution < -0.4 is 5.32 Å². The van der Waals surface area contributed by atoms with Crippen LogP contribution in [-0.2, 0) is 16.6 Å². The normalized spacial score (nSPS) is 16.8. The van der Waals surface area contributed by atoms with Crippen LogP contribution in [0.5, 0.6) is 0 Å². The highest BCUT2D eigenvalue weighted by Crippen LogP contribution is 2.30. The van der Waals surface area contributed by atoms with Gasteiger partial charge < -0.3 is 4.74 Å². The van der Waals surface area contributed by atoms with Gasteiger partial charge in [-0.05, 0) is 44.5 Å². The van der Waals surface area contributed by atoms with E-state index >= 15 is 0 Å². The number of carbonyl (C=O) groups excluding carboxylic acids is 2. The van der Waals surface area contributed by atoms with Crippen molar-refractivity contribution in [3.8, 4) is 0 Å². The zero-order valence-electron chi connectivity index (χ0n) is 15.8. The van der Waals surface area contributed by atoms with Crippen molar-refractivity contribution in [1.29, 1.82) is 0 Å². The van der Waals surface area contributed by atoms with Gasteiger partial charge in [0, 0.05) is 25.4 Å². The molecule has 0 radical (unpaired) electrons. The number of anilines is 1. The minimum Gasteiger partial charge on any atom is -0.444 e. The molecule has 0 bridgehead atoms. The predicted molar refractivity (Wildman–Crippen MR) is 101 cm³/mol. The fraction of sp³-hybridized carbons (Fsp3) is 0.368. The Hall–Kier alpha value is -3.16. The number of hydrogen-bond donors (Lipinski definition) is 1. The Morgan fingerprint density at radius 2 is 1.96 bits per heavy atom. The molecular weight excluding hydrogens is 346 g/mol. The Balaban J connectivity index is 1.70. The van der Waals surface area contributed by atoms with E-state index in [0.29, 0.717) is 18.5 Å². The molecule has 0 spiro atoms. The molecule has 1 N–H and O–H groups in total. The second-order valence-electron chi connectivity index (χ2n) is 7.37. The van der Waals surface area contributed by atoms with Gasteiger partial charge in [0.15, 0.2) is 0 Å². The van der Waals surface area contributed by atoms with E-state index in [2.05, 4.69) is 15.5 Å². The van der Waals surface area contributed by atoms with E-state index in [4.69, 9.17) is 4.74 Å². The molecule has 3 rings (SSSR count). The first-order chi connectivity index (χ1) is 12.7. The average molecular weight is 369 g/mol. The van der Waals surface area contributed by atoms with Crippen molar-refractivity contribution >= 4 is 23.9 Å². The number of hydrogen-bond acceptors (Lipinski definition) is 5. The Kier molecular flexibility index (Phi) is 4.98. The van der Waals surface area contributed by atoms with E-state index in [1.807, 2.05) is 52.2 Å². The van der Waals surface area contributed by atoms with Crippen molar-refractivity contribution in [2.24, 2.45) is 12.1 Å². The monoisotopic (exact) mass is 369 g/mol. The molecule has 1 aromatic heterocycles. The smallest absolute Gasteiger partial charge is 0.412 e. The molecule has 2 aromatic rings. The number of hydrazone groups is 1. The molecule has 0 aliphatic carbocycles. The molecule has 2 heterocycles. The second kappa shape index (κ2) is 7.22. The lowest BCUT2D eigenvalue weighted by Gasteiger charge is -2.19. The van der Waals surface area contributed by atoms with E-state index < -0.39 is 11.7 Å². The van der Waals surface area contributed by atoms with E-state index in [1.54, 1.807) is 16.8 Å². The summed E-state index contributed by atoms with van der Waals surface area (Å²) in [5, 5.41) is 12.9. The molecule has 1 unspecified atom stereocenters. The number of benzene rings is 1. The standard InChI is InChI=1S/C19H23N5O3/c1-19(2,3)27-18(26)20-14-7-5-13(6-8-14)16-11-17(24(12-25)22-16)15-9-10-23(4)21-15/h5-10,12,17H,11H2,1-4H3,(H,20,26). The predicted octanol–water partition coefficient (Wildman–Crippen LogP) is 3.07. The van der Waals surface area contributed by atoms with E-state index in [9.17, 15) is 9.59 Å². The maximum absolute atomic E-state index is 11.8. The maximum Gasteiger partial charge on any atom is 0.412 e. The second-order valence-corrected chi connectivity index (χ2v) is 7.37. The van der Waals surface area contributed by atoms with E-state index in [0.717, 1.165) is 17.0 Å². The van der Waals surface area contributed by atoms with Crippen LogP contribution >= 0.6 is 0 Å². The lowest BCUT2D eigenvalue weighted by molar-refractivity contribution is -0.119. The Labute approximate surface area is 157 Å². The van der Waals surface area contributed by atoms with Crippen molar-refractivity contribution in [1.82, 2.24) is 14.8 Å². The zero-order valence-corrected chi connectivity index (χ0v) is 15.8. The molecule has 8 nitrogen and oxygen atoms in total. The highest BCUT2D eigenvalue weighted by atomic mass is 16.6. The first-order valence-corrected chi connectivity index (χ1v) is 8.66. The number of amides is 2. The number of nitrogens with zero attached hydrogens (tertiary/aromatic N) is 4. The van der Waals surface area contributed by atoms with Crippen LogP contribution in [0.15, 0.2) is 41.6 Å². The van der Waals surface area contributed by atoms with Crippen LogP contribution in [0.4, 0.5) is 10.5 Å². The number of aromatic nitrogens is 2. The molecular formula is C19H23N5O3. The minimum absolute atomic E-state index is 0.210. The summed E-state index contributed by atoms with van der Waals surface area (Å²) in [6.45, 7) is 5.43. The largest absolute Gasteiger partial charge is 0.444 e.